The van der Waals surface area contributed by atoms with E-state index in [1.807, 2.05) is 18.2 Å². The van der Waals surface area contributed by atoms with E-state index in [4.69, 9.17) is 13.9 Å². The van der Waals surface area contributed by atoms with E-state index in [-0.39, 0.29) is 0 Å². The van der Waals surface area contributed by atoms with Crippen molar-refractivity contribution >= 4 is 0 Å². The van der Waals surface area contributed by atoms with Gasteiger partial charge in [0, 0.05) is 11.6 Å². The molecule has 0 unspecified atom stereocenters. The fraction of sp³-hybridized carbons (Fsp3) is 0.400. The summed E-state index contributed by atoms with van der Waals surface area (Å²) < 4.78 is 16.1. The van der Waals surface area contributed by atoms with Crippen molar-refractivity contribution in [2.24, 2.45) is 5.92 Å². The summed E-state index contributed by atoms with van der Waals surface area (Å²) in [6, 6.07) is 5.74. The third kappa shape index (κ3) is 2.57. The molecule has 1 heterocycles. The molecule has 0 aliphatic heterocycles. The lowest BCUT2D eigenvalue weighted by Crippen LogP contribution is -1.92. The first-order valence-electron chi connectivity index (χ1n) is 6.46. The van der Waals surface area contributed by atoms with Gasteiger partial charge < -0.3 is 13.9 Å². The van der Waals surface area contributed by atoms with Crippen LogP contribution in [0.2, 0.25) is 0 Å². The first-order valence-corrected chi connectivity index (χ1v) is 6.46. The minimum Gasteiger partial charge on any atom is -0.497 e. The van der Waals surface area contributed by atoms with Gasteiger partial charge in [-0.15, -0.1) is 0 Å². The number of hydrogen-bond donors (Lipinski definition) is 0. The topological polar surface area (TPSA) is 44.5 Å². The van der Waals surface area contributed by atoms with Gasteiger partial charge in [-0.25, -0.2) is 4.98 Å². The monoisotopic (exact) mass is 259 g/mol. The summed E-state index contributed by atoms with van der Waals surface area (Å²) in [4.78, 5) is 4.34. The van der Waals surface area contributed by atoms with Crippen molar-refractivity contribution in [3.63, 3.8) is 0 Å². The van der Waals surface area contributed by atoms with Gasteiger partial charge in [-0.3, -0.25) is 0 Å². The molecule has 0 radical (unpaired) electrons. The lowest BCUT2D eigenvalue weighted by atomic mass is 10.1. The van der Waals surface area contributed by atoms with Crippen molar-refractivity contribution in [2.75, 3.05) is 14.2 Å². The van der Waals surface area contributed by atoms with E-state index in [9.17, 15) is 0 Å². The highest BCUT2D eigenvalue weighted by Crippen LogP contribution is 2.37. The quantitative estimate of drug-likeness (QED) is 0.826. The average molecular weight is 259 g/mol. The van der Waals surface area contributed by atoms with Crippen LogP contribution in [0.4, 0.5) is 0 Å². The zero-order valence-electron chi connectivity index (χ0n) is 11.2. The number of oxazole rings is 1. The first kappa shape index (κ1) is 12.1. The minimum atomic E-state index is 0.753. The SMILES string of the molecule is COc1cc(OC)cc(-c2ocnc2CC2CC2)c1. The molecule has 4 nitrogen and oxygen atoms in total. The number of hydrogen-bond acceptors (Lipinski definition) is 4. The summed E-state index contributed by atoms with van der Waals surface area (Å²) in [5, 5.41) is 0. The van der Waals surface area contributed by atoms with Crippen molar-refractivity contribution in [1.82, 2.24) is 4.98 Å². The molecule has 0 amide bonds. The van der Waals surface area contributed by atoms with Crippen LogP contribution in [0.1, 0.15) is 18.5 Å². The Labute approximate surface area is 112 Å². The van der Waals surface area contributed by atoms with Crippen molar-refractivity contribution < 1.29 is 13.9 Å². The molecule has 0 saturated heterocycles. The van der Waals surface area contributed by atoms with Crippen LogP contribution in [0.25, 0.3) is 11.3 Å². The molecule has 1 saturated carbocycles. The van der Waals surface area contributed by atoms with Crippen LogP contribution in [0.5, 0.6) is 11.5 Å². The molecule has 3 rings (SSSR count). The Morgan fingerprint density at radius 1 is 1.16 bits per heavy atom. The number of aromatic nitrogens is 1. The van der Waals surface area contributed by atoms with Gasteiger partial charge in [0.2, 0.25) is 0 Å². The van der Waals surface area contributed by atoms with E-state index in [2.05, 4.69) is 4.98 Å². The summed E-state index contributed by atoms with van der Waals surface area (Å²) >= 11 is 0. The molecule has 1 aliphatic carbocycles. The Kier molecular flexibility index (Phi) is 3.15. The molecule has 1 aromatic heterocycles. The number of nitrogens with zero attached hydrogens (tertiary/aromatic N) is 1. The van der Waals surface area contributed by atoms with E-state index in [0.717, 1.165) is 40.9 Å². The fourth-order valence-electron chi connectivity index (χ4n) is 2.18. The van der Waals surface area contributed by atoms with Gasteiger partial charge in [0.25, 0.3) is 0 Å². The summed E-state index contributed by atoms with van der Waals surface area (Å²) in [6.45, 7) is 0. The molecule has 100 valence electrons. The Morgan fingerprint density at radius 3 is 2.42 bits per heavy atom. The van der Waals surface area contributed by atoms with E-state index < -0.39 is 0 Å². The van der Waals surface area contributed by atoms with E-state index in [1.165, 1.54) is 19.2 Å². The molecular weight excluding hydrogens is 242 g/mol. The molecule has 1 fully saturated rings. The van der Waals surface area contributed by atoms with E-state index >= 15 is 0 Å². The van der Waals surface area contributed by atoms with Gasteiger partial charge in [0.05, 0.1) is 19.9 Å². The second-order valence-corrected chi connectivity index (χ2v) is 4.88. The van der Waals surface area contributed by atoms with Gasteiger partial charge in [0.15, 0.2) is 12.2 Å². The molecule has 2 aromatic rings. The van der Waals surface area contributed by atoms with Crippen LogP contribution in [-0.2, 0) is 6.42 Å². The second-order valence-electron chi connectivity index (χ2n) is 4.88. The molecule has 1 aliphatic rings. The van der Waals surface area contributed by atoms with Gasteiger partial charge in [-0.1, -0.05) is 0 Å². The van der Waals surface area contributed by atoms with Crippen LogP contribution in [0, 0.1) is 5.92 Å². The lowest BCUT2D eigenvalue weighted by Gasteiger charge is -2.07. The predicted molar refractivity (Wildman–Crippen MR) is 71.5 cm³/mol. The van der Waals surface area contributed by atoms with Crippen molar-refractivity contribution in [1.29, 1.82) is 0 Å². The smallest absolute Gasteiger partial charge is 0.181 e. The maximum atomic E-state index is 5.56. The Bertz CT molecular complexity index is 550. The summed E-state index contributed by atoms with van der Waals surface area (Å²) in [6.07, 6.45) is 5.10. The largest absolute Gasteiger partial charge is 0.497 e. The highest BCUT2D eigenvalue weighted by Gasteiger charge is 2.25. The van der Waals surface area contributed by atoms with Crippen molar-refractivity contribution in [3.8, 4) is 22.8 Å². The van der Waals surface area contributed by atoms with Crippen LogP contribution in [0.3, 0.4) is 0 Å². The standard InChI is InChI=1S/C15H17NO3/c1-17-12-6-11(7-13(8-12)18-2)15-14(16-9-19-15)5-10-3-4-10/h6-10H,3-5H2,1-2H3. The third-order valence-corrected chi connectivity index (χ3v) is 3.43. The van der Waals surface area contributed by atoms with Crippen LogP contribution < -0.4 is 9.47 Å². The lowest BCUT2D eigenvalue weighted by molar-refractivity contribution is 0.394. The molecule has 0 spiro atoms. The molecule has 0 atom stereocenters. The van der Waals surface area contributed by atoms with Crippen LogP contribution in [0.15, 0.2) is 29.0 Å². The predicted octanol–water partition coefficient (Wildman–Crippen LogP) is 3.31. The molecule has 0 N–H and O–H groups in total. The number of methoxy groups -OCH3 is 2. The van der Waals surface area contributed by atoms with E-state index in [0.29, 0.717) is 0 Å². The van der Waals surface area contributed by atoms with Crippen LogP contribution in [-0.4, -0.2) is 19.2 Å². The molecule has 19 heavy (non-hydrogen) atoms. The first-order chi connectivity index (χ1) is 9.30. The maximum Gasteiger partial charge on any atom is 0.181 e. The van der Waals surface area contributed by atoms with Crippen molar-refractivity contribution in [3.05, 3.63) is 30.3 Å². The Hall–Kier alpha value is -1.97. The summed E-state index contributed by atoms with van der Waals surface area (Å²) in [5.41, 5.74) is 1.97. The van der Waals surface area contributed by atoms with Gasteiger partial charge in [-0.05, 0) is 37.3 Å². The Balaban J connectivity index is 1.97. The van der Waals surface area contributed by atoms with Gasteiger partial charge >= 0.3 is 0 Å². The highest BCUT2D eigenvalue weighted by molar-refractivity contribution is 5.64. The van der Waals surface area contributed by atoms with Gasteiger partial charge in [-0.2, -0.15) is 0 Å². The van der Waals surface area contributed by atoms with E-state index in [1.54, 1.807) is 14.2 Å². The Morgan fingerprint density at radius 2 is 1.84 bits per heavy atom. The molecule has 4 heteroatoms. The number of benzene rings is 1. The third-order valence-electron chi connectivity index (χ3n) is 3.43. The minimum absolute atomic E-state index is 0.753. The highest BCUT2D eigenvalue weighted by atomic mass is 16.5. The molecule has 0 bridgehead atoms. The fourth-order valence-corrected chi connectivity index (χ4v) is 2.18. The summed E-state index contributed by atoms with van der Waals surface area (Å²) in [7, 11) is 3.29. The molecule has 1 aromatic carbocycles. The van der Waals surface area contributed by atoms with Crippen molar-refractivity contribution in [2.45, 2.75) is 19.3 Å². The summed E-state index contributed by atoms with van der Waals surface area (Å²) in [5.74, 6) is 3.10. The normalized spacial score (nSPS) is 14.4. The molecular formula is C15H17NO3. The maximum absolute atomic E-state index is 5.56. The number of ether oxygens (including phenoxy) is 2. The van der Waals surface area contributed by atoms with Crippen LogP contribution >= 0.6 is 0 Å². The average Bonchev–Trinajstić information content (AvgIpc) is 3.14. The second kappa shape index (κ2) is 4.96. The zero-order valence-corrected chi connectivity index (χ0v) is 11.2. The zero-order chi connectivity index (χ0) is 13.2. The number of rotatable bonds is 5. The van der Waals surface area contributed by atoms with Gasteiger partial charge in [0.1, 0.15) is 11.5 Å².